The summed E-state index contributed by atoms with van der Waals surface area (Å²) in [7, 11) is 1.50. The van der Waals surface area contributed by atoms with E-state index in [0.717, 1.165) is 31.2 Å². The van der Waals surface area contributed by atoms with Gasteiger partial charge in [0.1, 0.15) is 14.7 Å². The number of aryl methyl sites for hydroxylation is 1. The molecule has 1 aliphatic rings. The first kappa shape index (κ1) is 18.9. The van der Waals surface area contributed by atoms with Gasteiger partial charge in [0.15, 0.2) is 0 Å². The molecule has 8 heteroatoms. The molecule has 1 saturated carbocycles. The van der Waals surface area contributed by atoms with E-state index in [1.165, 1.54) is 18.4 Å². The first-order valence-electron chi connectivity index (χ1n) is 8.73. The van der Waals surface area contributed by atoms with Gasteiger partial charge >= 0.3 is 0 Å². The minimum Gasteiger partial charge on any atom is -0.480 e. The lowest BCUT2D eigenvalue weighted by atomic mass is 10.1. The number of nitrogens with one attached hydrogen (secondary N) is 2. The highest BCUT2D eigenvalue weighted by molar-refractivity contribution is 7.21. The summed E-state index contributed by atoms with van der Waals surface area (Å²) < 4.78 is 5.23. The highest BCUT2D eigenvalue weighted by atomic mass is 35.5. The van der Waals surface area contributed by atoms with E-state index in [9.17, 15) is 9.59 Å². The summed E-state index contributed by atoms with van der Waals surface area (Å²) in [6, 6.07) is 0.225. The summed E-state index contributed by atoms with van der Waals surface area (Å²) in [6.07, 6.45) is 4.12. The number of halogens is 1. The normalized spacial score (nSPS) is 13.7. The number of methoxy groups -OCH3 is 1. The van der Waals surface area contributed by atoms with Gasteiger partial charge in [0, 0.05) is 17.8 Å². The van der Waals surface area contributed by atoms with Crippen molar-refractivity contribution < 1.29 is 14.3 Å². The van der Waals surface area contributed by atoms with Crippen molar-refractivity contribution in [2.75, 3.05) is 12.4 Å². The highest BCUT2D eigenvalue weighted by Gasteiger charge is 2.29. The van der Waals surface area contributed by atoms with Crippen LogP contribution in [0.4, 0.5) is 5.69 Å². The van der Waals surface area contributed by atoms with Gasteiger partial charge in [-0.2, -0.15) is 0 Å². The van der Waals surface area contributed by atoms with Crippen LogP contribution >= 0.6 is 22.9 Å². The number of unbranched alkanes of at least 4 members (excludes halogenated alkanes) is 1. The zero-order chi connectivity index (χ0) is 18.8. The maximum atomic E-state index is 12.7. The van der Waals surface area contributed by atoms with Crippen molar-refractivity contribution in [1.82, 2.24) is 10.3 Å². The van der Waals surface area contributed by atoms with Crippen LogP contribution < -0.4 is 15.4 Å². The summed E-state index contributed by atoms with van der Waals surface area (Å²) in [5.41, 5.74) is 1.24. The third-order valence-electron chi connectivity index (χ3n) is 4.32. The average molecular weight is 396 g/mol. The van der Waals surface area contributed by atoms with Crippen molar-refractivity contribution in [3.63, 3.8) is 0 Å². The number of ether oxygens (including phenoxy) is 1. The Bertz CT molecular complexity index is 861. The number of nitrogens with zero attached hydrogens (tertiary/aromatic N) is 1. The molecule has 0 unspecified atom stereocenters. The monoisotopic (exact) mass is 395 g/mol. The first-order chi connectivity index (χ1) is 12.5. The van der Waals surface area contributed by atoms with Crippen molar-refractivity contribution >= 4 is 50.7 Å². The molecule has 2 aromatic heterocycles. The minimum absolute atomic E-state index is 0.113. The van der Waals surface area contributed by atoms with Gasteiger partial charge in [-0.05, 0) is 31.7 Å². The summed E-state index contributed by atoms with van der Waals surface area (Å²) in [5, 5.41) is 6.98. The summed E-state index contributed by atoms with van der Waals surface area (Å²) in [4.78, 5) is 30.5. The van der Waals surface area contributed by atoms with Crippen LogP contribution in [0.2, 0.25) is 5.02 Å². The molecule has 1 fully saturated rings. The standard InChI is InChI=1S/C18H22ClN3O3S/c1-4-5-6-11(23)21-14-12-9(2)13(19)17(25-3)22-18(12)26-15(14)16(24)20-10-7-8-10/h10H,4-8H2,1-3H3,(H,20,24)(H,21,23). The van der Waals surface area contributed by atoms with Crippen molar-refractivity contribution in [3.05, 3.63) is 15.5 Å². The summed E-state index contributed by atoms with van der Waals surface area (Å²) in [6.45, 7) is 3.87. The fourth-order valence-electron chi connectivity index (χ4n) is 2.69. The van der Waals surface area contributed by atoms with E-state index >= 15 is 0 Å². The number of carbonyl (C=O) groups is 2. The van der Waals surface area contributed by atoms with E-state index in [-0.39, 0.29) is 17.9 Å². The molecule has 2 amide bonds. The number of fused-ring (bicyclic) bond motifs is 1. The van der Waals surface area contributed by atoms with E-state index in [1.54, 1.807) is 0 Å². The minimum atomic E-state index is -0.184. The Balaban J connectivity index is 2.07. The van der Waals surface area contributed by atoms with Gasteiger partial charge in [-0.25, -0.2) is 4.98 Å². The molecule has 0 aromatic carbocycles. The van der Waals surface area contributed by atoms with E-state index in [2.05, 4.69) is 15.6 Å². The van der Waals surface area contributed by atoms with Crippen LogP contribution in [0, 0.1) is 6.92 Å². The predicted molar refractivity (Wildman–Crippen MR) is 105 cm³/mol. The largest absolute Gasteiger partial charge is 0.480 e. The second-order valence-electron chi connectivity index (χ2n) is 6.45. The average Bonchev–Trinajstić information content (AvgIpc) is 3.36. The molecule has 0 bridgehead atoms. The zero-order valence-corrected chi connectivity index (χ0v) is 16.6. The van der Waals surface area contributed by atoms with Crippen molar-refractivity contribution in [2.45, 2.75) is 52.0 Å². The molecule has 26 heavy (non-hydrogen) atoms. The molecule has 2 N–H and O–H groups in total. The predicted octanol–water partition coefficient (Wildman–Crippen LogP) is 4.29. The molecular formula is C18H22ClN3O3S. The Kier molecular flexibility index (Phi) is 5.67. The van der Waals surface area contributed by atoms with E-state index in [1.807, 2.05) is 13.8 Å². The maximum absolute atomic E-state index is 12.7. The Morgan fingerprint density at radius 3 is 2.73 bits per heavy atom. The summed E-state index contributed by atoms with van der Waals surface area (Å²) >= 11 is 7.59. The van der Waals surface area contributed by atoms with Gasteiger partial charge in [0.05, 0.1) is 12.8 Å². The van der Waals surface area contributed by atoms with Crippen LogP contribution in [0.1, 0.15) is 54.3 Å². The number of carbonyl (C=O) groups excluding carboxylic acids is 2. The number of thiophene rings is 1. The van der Waals surface area contributed by atoms with Gasteiger partial charge in [0.25, 0.3) is 5.91 Å². The van der Waals surface area contributed by atoms with E-state index in [0.29, 0.717) is 38.1 Å². The van der Waals surface area contributed by atoms with Crippen LogP contribution in [0.15, 0.2) is 0 Å². The number of anilines is 1. The van der Waals surface area contributed by atoms with Gasteiger partial charge in [-0.1, -0.05) is 24.9 Å². The number of pyridine rings is 1. The lowest BCUT2D eigenvalue weighted by molar-refractivity contribution is -0.116. The Hall–Kier alpha value is -1.86. The molecule has 140 valence electrons. The third kappa shape index (κ3) is 3.78. The molecule has 6 nitrogen and oxygen atoms in total. The maximum Gasteiger partial charge on any atom is 0.263 e. The van der Waals surface area contributed by atoms with Crippen LogP contribution in [0.25, 0.3) is 10.2 Å². The first-order valence-corrected chi connectivity index (χ1v) is 9.93. The lowest BCUT2D eigenvalue weighted by Gasteiger charge is -2.10. The molecule has 0 saturated heterocycles. The smallest absolute Gasteiger partial charge is 0.263 e. The molecular weight excluding hydrogens is 374 g/mol. The van der Waals surface area contributed by atoms with Gasteiger partial charge in [-0.15, -0.1) is 11.3 Å². The number of hydrogen-bond acceptors (Lipinski definition) is 5. The number of amides is 2. The van der Waals surface area contributed by atoms with E-state index in [4.69, 9.17) is 16.3 Å². The fraction of sp³-hybridized carbons (Fsp3) is 0.500. The second-order valence-corrected chi connectivity index (χ2v) is 7.82. The Morgan fingerprint density at radius 1 is 1.38 bits per heavy atom. The molecule has 0 spiro atoms. The second kappa shape index (κ2) is 7.80. The van der Waals surface area contributed by atoms with Gasteiger partial charge in [-0.3, -0.25) is 9.59 Å². The molecule has 2 aromatic rings. The third-order valence-corrected chi connectivity index (χ3v) is 5.85. The van der Waals surface area contributed by atoms with Crippen molar-refractivity contribution in [3.8, 4) is 5.88 Å². The number of rotatable bonds is 7. The molecule has 1 aliphatic carbocycles. The Morgan fingerprint density at radius 2 is 2.12 bits per heavy atom. The molecule has 0 aliphatic heterocycles. The van der Waals surface area contributed by atoms with E-state index < -0.39 is 0 Å². The van der Waals surface area contributed by atoms with Crippen molar-refractivity contribution in [2.24, 2.45) is 0 Å². The fourth-order valence-corrected chi connectivity index (χ4v) is 3.99. The quantitative estimate of drug-likeness (QED) is 0.732. The molecule has 0 atom stereocenters. The SMILES string of the molecule is CCCCC(=O)Nc1c(C(=O)NC2CC2)sc2nc(OC)c(Cl)c(C)c12. The lowest BCUT2D eigenvalue weighted by Crippen LogP contribution is -2.25. The molecule has 0 radical (unpaired) electrons. The van der Waals surface area contributed by atoms with Crippen LogP contribution in [0.3, 0.4) is 0 Å². The number of aromatic nitrogens is 1. The molecule has 2 heterocycles. The van der Waals surface area contributed by atoms with Crippen LogP contribution in [-0.2, 0) is 4.79 Å². The summed E-state index contributed by atoms with van der Waals surface area (Å²) in [5.74, 6) is 0.0186. The van der Waals surface area contributed by atoms with Crippen molar-refractivity contribution in [1.29, 1.82) is 0 Å². The van der Waals surface area contributed by atoms with Gasteiger partial charge < -0.3 is 15.4 Å². The Labute approximate surface area is 161 Å². The van der Waals surface area contributed by atoms with Gasteiger partial charge in [0.2, 0.25) is 11.8 Å². The topological polar surface area (TPSA) is 80.3 Å². The number of hydrogen-bond donors (Lipinski definition) is 2. The zero-order valence-electron chi connectivity index (χ0n) is 15.1. The highest BCUT2D eigenvalue weighted by Crippen LogP contribution is 2.42. The van der Waals surface area contributed by atoms with Crippen LogP contribution in [-0.4, -0.2) is 29.9 Å². The molecule has 3 rings (SSSR count). The van der Waals surface area contributed by atoms with Crippen LogP contribution in [0.5, 0.6) is 5.88 Å².